The van der Waals surface area contributed by atoms with Gasteiger partial charge >= 0.3 is 0 Å². The molecule has 19 heavy (non-hydrogen) atoms. The highest BCUT2D eigenvalue weighted by atomic mass is 79.9. The fourth-order valence-corrected chi connectivity index (χ4v) is 3.73. The molecule has 0 saturated carbocycles. The Bertz CT molecular complexity index is 571. The molecule has 0 heterocycles. The molecule has 108 valence electrons. The predicted octanol–water partition coefficient (Wildman–Crippen LogP) is 3.03. The highest BCUT2D eigenvalue weighted by Crippen LogP contribution is 2.27. The monoisotopic (exact) mass is 352 g/mol. The van der Waals surface area contributed by atoms with Crippen LogP contribution in [0.2, 0.25) is 0 Å². The van der Waals surface area contributed by atoms with E-state index in [9.17, 15) is 12.8 Å². The van der Waals surface area contributed by atoms with Crippen LogP contribution in [0.15, 0.2) is 21.5 Å². The van der Waals surface area contributed by atoms with Crippen LogP contribution in [0.25, 0.3) is 0 Å². The Hall–Kier alpha value is -0.660. The quantitative estimate of drug-likeness (QED) is 0.800. The maximum atomic E-state index is 13.3. The SMILES string of the molecule is CCC(C)(CC)NS(=O)(=O)c1cc(Br)c(F)cc1N. The van der Waals surface area contributed by atoms with E-state index in [1.165, 1.54) is 6.07 Å². The molecule has 0 aliphatic heterocycles. The smallest absolute Gasteiger partial charge is 0.243 e. The van der Waals surface area contributed by atoms with Crippen LogP contribution in [0.5, 0.6) is 0 Å². The number of sulfonamides is 1. The number of hydrogen-bond acceptors (Lipinski definition) is 3. The van der Waals surface area contributed by atoms with Crippen molar-refractivity contribution >= 4 is 31.6 Å². The van der Waals surface area contributed by atoms with Crippen LogP contribution in [0, 0.1) is 5.82 Å². The number of nitrogens with one attached hydrogen (secondary N) is 1. The van der Waals surface area contributed by atoms with Gasteiger partial charge in [-0.05, 0) is 47.8 Å². The minimum atomic E-state index is -3.78. The third kappa shape index (κ3) is 3.67. The van der Waals surface area contributed by atoms with Crippen molar-refractivity contribution in [2.24, 2.45) is 0 Å². The Balaban J connectivity index is 3.25. The minimum absolute atomic E-state index is 0.0665. The maximum absolute atomic E-state index is 13.3. The molecular weight excluding hydrogens is 335 g/mol. The van der Waals surface area contributed by atoms with Crippen LogP contribution in [0.3, 0.4) is 0 Å². The molecular formula is C12H18BrFN2O2S. The molecule has 3 N–H and O–H groups in total. The van der Waals surface area contributed by atoms with Gasteiger partial charge in [0.2, 0.25) is 10.0 Å². The fraction of sp³-hybridized carbons (Fsp3) is 0.500. The molecule has 4 nitrogen and oxygen atoms in total. The first-order chi connectivity index (χ1) is 8.65. The number of nitrogens with two attached hydrogens (primary N) is 1. The first-order valence-electron chi connectivity index (χ1n) is 5.93. The molecule has 0 bridgehead atoms. The number of anilines is 1. The Labute approximate surface area is 121 Å². The summed E-state index contributed by atoms with van der Waals surface area (Å²) in [6.07, 6.45) is 1.29. The second kappa shape index (κ2) is 5.76. The van der Waals surface area contributed by atoms with E-state index < -0.39 is 21.4 Å². The summed E-state index contributed by atoms with van der Waals surface area (Å²) in [5.74, 6) is -0.592. The van der Waals surface area contributed by atoms with Gasteiger partial charge in [0.15, 0.2) is 0 Å². The minimum Gasteiger partial charge on any atom is -0.398 e. The fourth-order valence-electron chi connectivity index (χ4n) is 1.55. The molecule has 0 spiro atoms. The molecule has 0 radical (unpaired) electrons. The summed E-state index contributed by atoms with van der Waals surface area (Å²) in [5.41, 5.74) is 4.94. The van der Waals surface area contributed by atoms with Crippen molar-refractivity contribution in [3.05, 3.63) is 22.4 Å². The highest BCUT2D eigenvalue weighted by Gasteiger charge is 2.29. The molecule has 0 saturated heterocycles. The van der Waals surface area contributed by atoms with Crippen LogP contribution in [0.4, 0.5) is 10.1 Å². The van der Waals surface area contributed by atoms with Crippen molar-refractivity contribution in [2.45, 2.75) is 44.0 Å². The lowest BCUT2D eigenvalue weighted by Gasteiger charge is -2.28. The van der Waals surface area contributed by atoms with E-state index in [-0.39, 0.29) is 15.1 Å². The largest absolute Gasteiger partial charge is 0.398 e. The van der Waals surface area contributed by atoms with Crippen LogP contribution in [-0.2, 0) is 10.0 Å². The number of halogens is 2. The molecule has 0 unspecified atom stereocenters. The van der Waals surface area contributed by atoms with Crippen LogP contribution in [0.1, 0.15) is 33.6 Å². The Kier molecular flexibility index (Phi) is 4.97. The van der Waals surface area contributed by atoms with Gasteiger partial charge in [-0.1, -0.05) is 13.8 Å². The lowest BCUT2D eigenvalue weighted by Crippen LogP contribution is -2.45. The normalized spacial score (nSPS) is 12.7. The second-order valence-corrected chi connectivity index (χ2v) is 7.18. The summed E-state index contributed by atoms with van der Waals surface area (Å²) >= 11 is 2.96. The maximum Gasteiger partial charge on any atom is 0.243 e. The van der Waals surface area contributed by atoms with E-state index in [1.807, 2.05) is 20.8 Å². The lowest BCUT2D eigenvalue weighted by atomic mass is 9.98. The zero-order chi connectivity index (χ0) is 14.8. The molecule has 0 atom stereocenters. The highest BCUT2D eigenvalue weighted by molar-refractivity contribution is 9.10. The van der Waals surface area contributed by atoms with Crippen LogP contribution >= 0.6 is 15.9 Å². The molecule has 7 heteroatoms. The predicted molar refractivity (Wildman–Crippen MR) is 77.8 cm³/mol. The topological polar surface area (TPSA) is 72.2 Å². The summed E-state index contributed by atoms with van der Waals surface area (Å²) in [6, 6.07) is 2.17. The van der Waals surface area contributed by atoms with Gasteiger partial charge in [-0.25, -0.2) is 17.5 Å². The Morgan fingerprint density at radius 2 is 1.89 bits per heavy atom. The van der Waals surface area contributed by atoms with Crippen molar-refractivity contribution in [1.29, 1.82) is 0 Å². The van der Waals surface area contributed by atoms with Gasteiger partial charge in [0.1, 0.15) is 10.7 Å². The van der Waals surface area contributed by atoms with Gasteiger partial charge in [-0.2, -0.15) is 0 Å². The van der Waals surface area contributed by atoms with Crippen LogP contribution < -0.4 is 10.5 Å². The lowest BCUT2D eigenvalue weighted by molar-refractivity contribution is 0.389. The van der Waals surface area contributed by atoms with E-state index in [2.05, 4.69) is 20.7 Å². The number of rotatable bonds is 5. The van der Waals surface area contributed by atoms with Crippen molar-refractivity contribution < 1.29 is 12.8 Å². The molecule has 0 aliphatic rings. The van der Waals surface area contributed by atoms with Crippen molar-refractivity contribution in [1.82, 2.24) is 4.72 Å². The van der Waals surface area contributed by atoms with Gasteiger partial charge in [-0.15, -0.1) is 0 Å². The molecule has 0 aliphatic carbocycles. The Morgan fingerprint density at radius 3 is 2.37 bits per heavy atom. The van der Waals surface area contributed by atoms with E-state index in [0.717, 1.165) is 6.07 Å². The summed E-state index contributed by atoms with van der Waals surface area (Å²) < 4.78 is 40.6. The average molecular weight is 353 g/mol. The first kappa shape index (κ1) is 16.4. The molecule has 0 amide bonds. The third-order valence-corrected chi connectivity index (χ3v) is 5.59. The number of benzene rings is 1. The van der Waals surface area contributed by atoms with E-state index in [4.69, 9.17) is 5.73 Å². The number of nitrogen functional groups attached to an aromatic ring is 1. The van der Waals surface area contributed by atoms with Crippen molar-refractivity contribution in [2.75, 3.05) is 5.73 Å². The summed E-state index contributed by atoms with van der Waals surface area (Å²) in [4.78, 5) is -0.117. The summed E-state index contributed by atoms with van der Waals surface area (Å²) in [7, 11) is -3.78. The van der Waals surface area contributed by atoms with Gasteiger partial charge in [0, 0.05) is 5.54 Å². The summed E-state index contributed by atoms with van der Waals surface area (Å²) in [6.45, 7) is 5.62. The first-order valence-corrected chi connectivity index (χ1v) is 8.21. The zero-order valence-corrected chi connectivity index (χ0v) is 13.5. The standard InChI is InChI=1S/C12H18BrFN2O2S/c1-4-12(3,5-2)16-19(17,18)11-6-8(13)9(14)7-10(11)15/h6-7,16H,4-5,15H2,1-3H3. The van der Waals surface area contributed by atoms with E-state index >= 15 is 0 Å². The average Bonchev–Trinajstić information content (AvgIpc) is 2.33. The van der Waals surface area contributed by atoms with Crippen LogP contribution in [-0.4, -0.2) is 14.0 Å². The van der Waals surface area contributed by atoms with Gasteiger partial charge in [-0.3, -0.25) is 0 Å². The van der Waals surface area contributed by atoms with E-state index in [0.29, 0.717) is 12.8 Å². The molecule has 1 rings (SSSR count). The van der Waals surface area contributed by atoms with Gasteiger partial charge in [0.05, 0.1) is 10.2 Å². The number of hydrogen-bond donors (Lipinski definition) is 2. The summed E-state index contributed by atoms with van der Waals surface area (Å²) in [5, 5.41) is 0. The third-order valence-electron chi connectivity index (χ3n) is 3.28. The second-order valence-electron chi connectivity index (χ2n) is 4.68. The van der Waals surface area contributed by atoms with Crippen molar-refractivity contribution in [3.63, 3.8) is 0 Å². The van der Waals surface area contributed by atoms with Gasteiger partial charge < -0.3 is 5.73 Å². The molecule has 1 aromatic carbocycles. The molecule has 1 aromatic rings. The Morgan fingerprint density at radius 1 is 1.37 bits per heavy atom. The molecule has 0 aromatic heterocycles. The van der Waals surface area contributed by atoms with E-state index in [1.54, 1.807) is 0 Å². The van der Waals surface area contributed by atoms with Gasteiger partial charge in [0.25, 0.3) is 0 Å². The van der Waals surface area contributed by atoms with Crippen molar-refractivity contribution in [3.8, 4) is 0 Å². The molecule has 0 fully saturated rings. The zero-order valence-electron chi connectivity index (χ0n) is 11.1.